The maximum absolute atomic E-state index is 6.07. The molecule has 0 radical (unpaired) electrons. The van der Waals surface area contributed by atoms with Gasteiger partial charge in [0.1, 0.15) is 6.10 Å². The predicted molar refractivity (Wildman–Crippen MR) is 79.3 cm³/mol. The van der Waals surface area contributed by atoms with E-state index in [1.54, 1.807) is 7.11 Å². The fourth-order valence-corrected chi connectivity index (χ4v) is 2.86. The number of hydrogen-bond donors (Lipinski definition) is 0. The van der Waals surface area contributed by atoms with Crippen LogP contribution in [0.3, 0.4) is 0 Å². The quantitative estimate of drug-likeness (QED) is 0.744. The Morgan fingerprint density at radius 3 is 2.60 bits per heavy atom. The molecular weight excluding hydrogens is 252 g/mol. The Labute approximate surface area is 121 Å². The molecule has 1 fully saturated rings. The van der Waals surface area contributed by atoms with Crippen LogP contribution in [0.4, 0.5) is 0 Å². The zero-order chi connectivity index (χ0) is 14.6. The van der Waals surface area contributed by atoms with E-state index in [0.717, 1.165) is 12.0 Å². The van der Waals surface area contributed by atoms with Gasteiger partial charge in [-0.1, -0.05) is 50.3 Å². The van der Waals surface area contributed by atoms with E-state index in [2.05, 4.69) is 32.6 Å². The Hall–Kier alpha value is -1.16. The van der Waals surface area contributed by atoms with Gasteiger partial charge in [-0.25, -0.2) is 0 Å². The molecular formula is C17H24O3. The molecule has 0 bridgehead atoms. The van der Waals surface area contributed by atoms with Gasteiger partial charge in [0.2, 0.25) is 0 Å². The van der Waals surface area contributed by atoms with Crippen molar-refractivity contribution in [2.45, 2.75) is 44.9 Å². The van der Waals surface area contributed by atoms with Crippen LogP contribution < -0.4 is 0 Å². The molecule has 0 aromatic heterocycles. The lowest BCUT2D eigenvalue weighted by atomic mass is 9.85. The second-order valence-electron chi connectivity index (χ2n) is 5.28. The fourth-order valence-electron chi connectivity index (χ4n) is 2.86. The summed E-state index contributed by atoms with van der Waals surface area (Å²) >= 11 is 0. The average molecular weight is 276 g/mol. The number of ether oxygens (including phenoxy) is 3. The summed E-state index contributed by atoms with van der Waals surface area (Å²) in [6.45, 7) is 8.73. The lowest BCUT2D eigenvalue weighted by molar-refractivity contribution is -0.176. The zero-order valence-corrected chi connectivity index (χ0v) is 12.5. The molecule has 0 N–H and O–H groups in total. The summed E-state index contributed by atoms with van der Waals surface area (Å²) in [5.41, 5.74) is 0.796. The molecule has 20 heavy (non-hydrogen) atoms. The van der Waals surface area contributed by atoms with Gasteiger partial charge in [0, 0.05) is 13.0 Å². The van der Waals surface area contributed by atoms with Gasteiger partial charge in [0.25, 0.3) is 0 Å². The smallest absolute Gasteiger partial charge is 0.184 e. The van der Waals surface area contributed by atoms with Crippen LogP contribution in [0, 0.1) is 5.92 Å². The van der Waals surface area contributed by atoms with Crippen LogP contribution in [0.5, 0.6) is 0 Å². The highest BCUT2D eigenvalue weighted by Crippen LogP contribution is 2.41. The number of rotatable bonds is 6. The van der Waals surface area contributed by atoms with E-state index in [-0.39, 0.29) is 23.9 Å². The molecule has 1 aromatic rings. The third kappa shape index (κ3) is 2.80. The third-order valence-corrected chi connectivity index (χ3v) is 4.28. The molecule has 3 nitrogen and oxygen atoms in total. The van der Waals surface area contributed by atoms with E-state index < -0.39 is 0 Å². The molecule has 0 aliphatic carbocycles. The van der Waals surface area contributed by atoms with E-state index in [9.17, 15) is 0 Å². The van der Waals surface area contributed by atoms with Crippen molar-refractivity contribution in [3.05, 3.63) is 48.6 Å². The molecule has 1 saturated heterocycles. The summed E-state index contributed by atoms with van der Waals surface area (Å²) in [5, 5.41) is 0. The monoisotopic (exact) mass is 276 g/mol. The molecule has 0 amide bonds. The van der Waals surface area contributed by atoms with Crippen LogP contribution in [-0.2, 0) is 20.8 Å². The second-order valence-corrected chi connectivity index (χ2v) is 5.28. The van der Waals surface area contributed by atoms with Crippen molar-refractivity contribution < 1.29 is 14.2 Å². The van der Waals surface area contributed by atoms with Crippen LogP contribution in [0.25, 0.3) is 0 Å². The Kier molecular flexibility index (Phi) is 4.97. The first-order valence-corrected chi connectivity index (χ1v) is 7.16. The second kappa shape index (κ2) is 6.53. The molecule has 0 saturated carbocycles. The topological polar surface area (TPSA) is 27.7 Å². The van der Waals surface area contributed by atoms with Crippen molar-refractivity contribution in [3.63, 3.8) is 0 Å². The fraction of sp³-hybridized carbons (Fsp3) is 0.529. The molecule has 4 atom stereocenters. The molecule has 1 heterocycles. The van der Waals surface area contributed by atoms with E-state index in [1.807, 2.05) is 24.3 Å². The van der Waals surface area contributed by atoms with Gasteiger partial charge in [0.05, 0.1) is 12.2 Å². The number of hydrogen-bond acceptors (Lipinski definition) is 3. The summed E-state index contributed by atoms with van der Waals surface area (Å²) < 4.78 is 17.6. The van der Waals surface area contributed by atoms with Crippen LogP contribution in [-0.4, -0.2) is 25.1 Å². The van der Waals surface area contributed by atoms with Crippen molar-refractivity contribution in [1.29, 1.82) is 0 Å². The summed E-state index contributed by atoms with van der Waals surface area (Å²) in [4.78, 5) is 0. The summed E-state index contributed by atoms with van der Waals surface area (Å²) in [6.07, 6.45) is 2.32. The zero-order valence-electron chi connectivity index (χ0n) is 12.5. The minimum absolute atomic E-state index is 0.0850. The van der Waals surface area contributed by atoms with Gasteiger partial charge in [-0.05, 0) is 12.0 Å². The van der Waals surface area contributed by atoms with Crippen molar-refractivity contribution in [3.8, 4) is 0 Å². The third-order valence-electron chi connectivity index (χ3n) is 4.28. The van der Waals surface area contributed by atoms with Crippen molar-refractivity contribution in [1.82, 2.24) is 0 Å². The van der Waals surface area contributed by atoms with E-state index in [1.165, 1.54) is 0 Å². The van der Waals surface area contributed by atoms with Gasteiger partial charge in [-0.15, -0.1) is 6.58 Å². The Morgan fingerprint density at radius 2 is 2.05 bits per heavy atom. The number of benzene rings is 1. The minimum atomic E-state index is -0.359. The van der Waals surface area contributed by atoms with Crippen molar-refractivity contribution in [2.24, 2.45) is 5.92 Å². The summed E-state index contributed by atoms with van der Waals surface area (Å²) in [7, 11) is 1.66. The molecule has 1 aliphatic rings. The molecule has 3 heteroatoms. The first kappa shape index (κ1) is 15.2. The van der Waals surface area contributed by atoms with Gasteiger partial charge >= 0.3 is 0 Å². The first-order chi connectivity index (χ1) is 9.66. The molecule has 0 spiro atoms. The molecule has 2 rings (SSSR count). The Bertz CT molecular complexity index is 431. The van der Waals surface area contributed by atoms with Gasteiger partial charge in [-0.2, -0.15) is 0 Å². The van der Waals surface area contributed by atoms with E-state index in [0.29, 0.717) is 6.61 Å². The summed E-state index contributed by atoms with van der Waals surface area (Å²) in [5.74, 6) is 0.207. The van der Waals surface area contributed by atoms with Crippen LogP contribution in [0.2, 0.25) is 0 Å². The molecule has 1 aliphatic heterocycles. The number of methoxy groups -OCH3 is 1. The van der Waals surface area contributed by atoms with Crippen LogP contribution in [0.15, 0.2) is 43.0 Å². The lowest BCUT2D eigenvalue weighted by Crippen LogP contribution is -2.34. The largest absolute Gasteiger partial charge is 0.368 e. The predicted octanol–water partition coefficient (Wildman–Crippen LogP) is 3.55. The van der Waals surface area contributed by atoms with Gasteiger partial charge < -0.3 is 14.2 Å². The maximum atomic E-state index is 6.07. The first-order valence-electron chi connectivity index (χ1n) is 7.16. The summed E-state index contributed by atoms with van der Waals surface area (Å²) in [6, 6.07) is 10.1. The van der Waals surface area contributed by atoms with Crippen LogP contribution >= 0.6 is 0 Å². The molecule has 1 unspecified atom stereocenters. The normalized spacial score (nSPS) is 33.2. The minimum Gasteiger partial charge on any atom is -0.368 e. The lowest BCUT2D eigenvalue weighted by Gasteiger charge is -2.28. The highest BCUT2D eigenvalue weighted by Gasteiger charge is 2.51. The average Bonchev–Trinajstić information content (AvgIpc) is 2.78. The van der Waals surface area contributed by atoms with E-state index >= 15 is 0 Å². The van der Waals surface area contributed by atoms with E-state index in [4.69, 9.17) is 14.2 Å². The maximum Gasteiger partial charge on any atom is 0.184 e. The van der Waals surface area contributed by atoms with Gasteiger partial charge in [0.15, 0.2) is 6.29 Å². The highest BCUT2D eigenvalue weighted by atomic mass is 16.7. The highest BCUT2D eigenvalue weighted by molar-refractivity contribution is 5.14. The van der Waals surface area contributed by atoms with Crippen LogP contribution in [0.1, 0.15) is 25.8 Å². The molecule has 1 aromatic carbocycles. The SMILES string of the molecule is C=C[C@]1(CC)OC(OC)[C@H](OCc2ccccc2)[C@@H]1C. The van der Waals surface area contributed by atoms with Crippen molar-refractivity contribution in [2.75, 3.05) is 7.11 Å². The van der Waals surface area contributed by atoms with Crippen molar-refractivity contribution >= 4 is 0 Å². The Balaban J connectivity index is 2.07. The molecule has 110 valence electrons. The van der Waals surface area contributed by atoms with Gasteiger partial charge in [-0.3, -0.25) is 0 Å². The standard InChI is InChI=1S/C17H24O3/c1-5-17(6-2)13(3)15(16(18-4)20-17)19-12-14-10-8-7-9-11-14/h5,7-11,13,15-16H,1,6,12H2,2-4H3/t13-,15+,16?,17+/m0/s1. The Morgan fingerprint density at radius 1 is 1.35 bits per heavy atom.